The number of thiophene rings is 1. The maximum atomic E-state index is 13.8. The van der Waals surface area contributed by atoms with Crippen LogP contribution in [0.2, 0.25) is 0 Å². The molecule has 1 aliphatic rings. The third kappa shape index (κ3) is 7.08. The number of rotatable bonds is 8. The van der Waals surface area contributed by atoms with Crippen LogP contribution in [0.1, 0.15) is 65.0 Å². The molecule has 3 aromatic rings. The van der Waals surface area contributed by atoms with Gasteiger partial charge in [-0.1, -0.05) is 24.6 Å². The minimum absolute atomic E-state index is 0.0926. The molecule has 0 spiro atoms. The van der Waals surface area contributed by atoms with Crippen molar-refractivity contribution in [2.75, 3.05) is 11.9 Å². The Kier molecular flexibility index (Phi) is 9.43. The van der Waals surface area contributed by atoms with E-state index in [0.717, 1.165) is 42.5 Å². The zero-order valence-electron chi connectivity index (χ0n) is 21.8. The lowest BCUT2D eigenvalue weighted by Crippen LogP contribution is -2.33. The van der Waals surface area contributed by atoms with Crippen molar-refractivity contribution in [3.63, 3.8) is 0 Å². The number of nitrogens with one attached hydrogen (secondary N) is 2. The molecule has 1 heterocycles. The van der Waals surface area contributed by atoms with Crippen molar-refractivity contribution >= 4 is 39.8 Å². The molecular weight excluding hydrogens is 521 g/mol. The number of carbonyl (C=O) groups excluding carboxylic acids is 3. The van der Waals surface area contributed by atoms with E-state index in [-0.39, 0.29) is 19.0 Å². The van der Waals surface area contributed by atoms with E-state index < -0.39 is 17.8 Å². The Hall–Kier alpha value is -4.05. The summed E-state index contributed by atoms with van der Waals surface area (Å²) in [7, 11) is 0. The first kappa shape index (κ1) is 28.0. The number of halogens is 1. The average molecular weight is 552 g/mol. The number of ether oxygens (including phenoxy) is 2. The fraction of sp³-hybridized carbons (Fsp3) is 0.310. The first-order valence-corrected chi connectivity index (χ1v) is 13.6. The first-order valence-electron chi connectivity index (χ1n) is 12.8. The van der Waals surface area contributed by atoms with Gasteiger partial charge in [0.2, 0.25) is 0 Å². The average Bonchev–Trinajstić information content (AvgIpc) is 3.11. The van der Waals surface area contributed by atoms with E-state index in [2.05, 4.69) is 15.8 Å². The Morgan fingerprint density at radius 2 is 1.74 bits per heavy atom. The highest BCUT2D eigenvalue weighted by molar-refractivity contribution is 7.17. The second-order valence-corrected chi connectivity index (χ2v) is 10.1. The van der Waals surface area contributed by atoms with Crippen LogP contribution in [0.5, 0.6) is 5.75 Å². The fourth-order valence-electron chi connectivity index (χ4n) is 4.23. The van der Waals surface area contributed by atoms with Crippen molar-refractivity contribution in [1.29, 1.82) is 0 Å². The molecule has 8 nitrogen and oxygen atoms in total. The number of amides is 2. The van der Waals surface area contributed by atoms with E-state index in [1.165, 1.54) is 17.4 Å². The number of anilines is 1. The van der Waals surface area contributed by atoms with Crippen molar-refractivity contribution in [2.45, 2.75) is 52.6 Å². The van der Waals surface area contributed by atoms with Crippen LogP contribution in [0.4, 0.5) is 9.39 Å². The van der Waals surface area contributed by atoms with Crippen LogP contribution in [-0.4, -0.2) is 30.1 Å². The van der Waals surface area contributed by atoms with Gasteiger partial charge in [0.25, 0.3) is 0 Å². The Balaban J connectivity index is 1.37. The molecule has 1 aliphatic carbocycles. The number of hydrogen-bond acceptors (Lipinski definition) is 7. The van der Waals surface area contributed by atoms with Crippen LogP contribution >= 0.6 is 11.3 Å². The van der Waals surface area contributed by atoms with E-state index in [0.29, 0.717) is 33.2 Å². The molecule has 39 heavy (non-hydrogen) atoms. The lowest BCUT2D eigenvalue weighted by molar-refractivity contribution is -0.136. The number of fused-ring (bicyclic) bond motifs is 1. The SMILES string of the molecule is CCOC(=O)c1c(NC(=O)C(=O)N/N=C(\C)c2ccc(OCc3ccccc3F)cc2)sc2c1CCCCC2. The lowest BCUT2D eigenvalue weighted by Gasteiger charge is -2.09. The Morgan fingerprint density at radius 1 is 1.00 bits per heavy atom. The van der Waals surface area contributed by atoms with E-state index in [4.69, 9.17) is 9.47 Å². The second-order valence-electron chi connectivity index (χ2n) is 8.99. The van der Waals surface area contributed by atoms with Gasteiger partial charge in [0.05, 0.1) is 17.9 Å². The van der Waals surface area contributed by atoms with Crippen molar-refractivity contribution in [2.24, 2.45) is 5.10 Å². The Labute approximate surface area is 230 Å². The Morgan fingerprint density at radius 3 is 2.49 bits per heavy atom. The molecule has 2 N–H and O–H groups in total. The third-order valence-corrected chi connectivity index (χ3v) is 7.49. The number of hydrogen-bond donors (Lipinski definition) is 2. The van der Waals surface area contributed by atoms with Gasteiger partial charge in [-0.25, -0.2) is 14.6 Å². The zero-order valence-corrected chi connectivity index (χ0v) is 22.7. The molecule has 0 aliphatic heterocycles. The highest BCUT2D eigenvalue weighted by atomic mass is 32.1. The van der Waals surface area contributed by atoms with Crippen LogP contribution in [0.15, 0.2) is 53.6 Å². The van der Waals surface area contributed by atoms with E-state index in [1.807, 2.05) is 0 Å². The summed E-state index contributed by atoms with van der Waals surface area (Å²) in [4.78, 5) is 38.9. The monoisotopic (exact) mass is 551 g/mol. The number of nitrogens with zero attached hydrogens (tertiary/aromatic N) is 1. The van der Waals surface area contributed by atoms with Crippen molar-refractivity contribution < 1.29 is 28.2 Å². The lowest BCUT2D eigenvalue weighted by atomic mass is 10.1. The van der Waals surface area contributed by atoms with Crippen LogP contribution in [-0.2, 0) is 33.8 Å². The molecule has 204 valence electrons. The van der Waals surface area contributed by atoms with Gasteiger partial charge in [0.1, 0.15) is 23.2 Å². The zero-order chi connectivity index (χ0) is 27.8. The molecule has 2 aromatic carbocycles. The van der Waals surface area contributed by atoms with Gasteiger partial charge >= 0.3 is 17.8 Å². The molecule has 0 fully saturated rings. The van der Waals surface area contributed by atoms with Gasteiger partial charge in [-0.3, -0.25) is 9.59 Å². The molecule has 2 amide bonds. The minimum Gasteiger partial charge on any atom is -0.489 e. The fourth-order valence-corrected chi connectivity index (χ4v) is 5.50. The van der Waals surface area contributed by atoms with E-state index in [1.54, 1.807) is 56.3 Å². The summed E-state index contributed by atoms with van der Waals surface area (Å²) in [6.07, 6.45) is 4.60. The molecule has 0 saturated heterocycles. The van der Waals surface area contributed by atoms with Crippen LogP contribution in [0.3, 0.4) is 0 Å². The molecule has 10 heteroatoms. The van der Waals surface area contributed by atoms with Crippen LogP contribution in [0.25, 0.3) is 0 Å². The van der Waals surface area contributed by atoms with Crippen LogP contribution in [0, 0.1) is 5.82 Å². The molecule has 0 bridgehead atoms. The smallest absolute Gasteiger partial charge is 0.341 e. The molecule has 0 radical (unpaired) electrons. The van der Waals surface area contributed by atoms with Crippen molar-refractivity contribution in [3.05, 3.63) is 81.5 Å². The largest absolute Gasteiger partial charge is 0.489 e. The summed E-state index contributed by atoms with van der Waals surface area (Å²) in [5.74, 6) is -2.17. The molecule has 0 saturated carbocycles. The van der Waals surface area contributed by atoms with Gasteiger partial charge in [0.15, 0.2) is 0 Å². The normalized spacial score (nSPS) is 13.2. The summed E-state index contributed by atoms with van der Waals surface area (Å²) >= 11 is 1.32. The third-order valence-electron chi connectivity index (χ3n) is 6.28. The summed E-state index contributed by atoms with van der Waals surface area (Å²) < 4.78 is 24.6. The quantitative estimate of drug-likeness (QED) is 0.128. The molecular formula is C29H30FN3O5S. The molecule has 4 rings (SSSR count). The van der Waals surface area contributed by atoms with Gasteiger partial charge in [-0.05, 0) is 81.0 Å². The topological polar surface area (TPSA) is 106 Å². The standard InChI is InChI=1S/C29H30FN3O5S/c1-3-37-29(36)25-22-10-5-4-6-12-24(22)39-28(25)31-26(34)27(35)33-32-18(2)19-13-15-21(16-14-19)38-17-20-9-7-8-11-23(20)30/h7-9,11,13-16H,3-6,10,12,17H2,1-2H3,(H,31,34)(H,33,35)/b32-18+. The summed E-state index contributed by atoms with van der Waals surface area (Å²) in [5, 5.41) is 6.94. The van der Waals surface area contributed by atoms with Crippen LogP contribution < -0.4 is 15.5 Å². The molecule has 0 atom stereocenters. The Bertz CT molecular complexity index is 1380. The second kappa shape index (κ2) is 13.1. The van der Waals surface area contributed by atoms with Crippen molar-refractivity contribution in [3.8, 4) is 5.75 Å². The number of carbonyl (C=O) groups is 3. The number of esters is 1. The van der Waals surface area contributed by atoms with E-state index in [9.17, 15) is 18.8 Å². The summed E-state index contributed by atoms with van der Waals surface area (Å²) in [5.41, 5.74) is 5.13. The highest BCUT2D eigenvalue weighted by Crippen LogP contribution is 2.38. The van der Waals surface area contributed by atoms with Gasteiger partial charge in [-0.15, -0.1) is 11.3 Å². The predicted molar refractivity (Wildman–Crippen MR) is 148 cm³/mol. The van der Waals surface area contributed by atoms with Gasteiger partial charge < -0.3 is 14.8 Å². The maximum absolute atomic E-state index is 13.8. The number of aryl methyl sites for hydroxylation is 1. The number of hydrazone groups is 1. The molecule has 0 unspecified atom stereocenters. The van der Waals surface area contributed by atoms with Gasteiger partial charge in [-0.2, -0.15) is 5.10 Å². The molecule has 1 aromatic heterocycles. The van der Waals surface area contributed by atoms with Gasteiger partial charge in [0, 0.05) is 10.4 Å². The highest BCUT2D eigenvalue weighted by Gasteiger charge is 2.28. The maximum Gasteiger partial charge on any atom is 0.341 e. The van der Waals surface area contributed by atoms with E-state index >= 15 is 0 Å². The number of benzene rings is 2. The summed E-state index contributed by atoms with van der Waals surface area (Å²) in [6, 6.07) is 13.3. The summed E-state index contributed by atoms with van der Waals surface area (Å²) in [6.45, 7) is 3.71. The first-order chi connectivity index (χ1) is 18.9. The minimum atomic E-state index is -0.961. The predicted octanol–water partition coefficient (Wildman–Crippen LogP) is 5.39. The van der Waals surface area contributed by atoms with Crippen molar-refractivity contribution in [1.82, 2.24) is 5.43 Å².